The van der Waals surface area contributed by atoms with Crippen LogP contribution in [0.25, 0.3) is 0 Å². The van der Waals surface area contributed by atoms with Crippen LogP contribution in [0.1, 0.15) is 22.3 Å². The van der Waals surface area contributed by atoms with Gasteiger partial charge in [0.25, 0.3) is 0 Å². The van der Waals surface area contributed by atoms with Gasteiger partial charge in [0.05, 0.1) is 22.9 Å². The van der Waals surface area contributed by atoms with Gasteiger partial charge in [-0.2, -0.15) is 0 Å². The number of alkyl halides is 1. The van der Waals surface area contributed by atoms with E-state index >= 15 is 0 Å². The number of carbonyl (C=O) groups is 1. The zero-order valence-electron chi connectivity index (χ0n) is 9.61. The van der Waals surface area contributed by atoms with E-state index in [0.29, 0.717) is 0 Å². The van der Waals surface area contributed by atoms with Crippen LogP contribution in [0, 0.1) is 6.92 Å². The van der Waals surface area contributed by atoms with Crippen LogP contribution in [-0.4, -0.2) is 31.9 Å². The molecular weight excluding hydrogens is 283 g/mol. The molecule has 7 heteroatoms. The van der Waals surface area contributed by atoms with Gasteiger partial charge in [-0.05, 0) is 31.0 Å². The molecule has 0 atom stereocenters. The lowest BCUT2D eigenvalue weighted by Gasteiger charge is -2.10. The molecule has 1 rings (SSSR count). The van der Waals surface area contributed by atoms with Crippen molar-refractivity contribution in [2.75, 3.05) is 12.4 Å². The normalized spacial score (nSPS) is 11.5. The molecule has 1 aromatic rings. The molecule has 4 nitrogen and oxygen atoms in total. The number of sulfone groups is 1. The van der Waals surface area contributed by atoms with Crippen molar-refractivity contribution in [3.63, 3.8) is 0 Å². The minimum atomic E-state index is -3.72. The van der Waals surface area contributed by atoms with E-state index in [9.17, 15) is 17.6 Å². The molecule has 1 N–H and O–H groups in total. The largest absolute Gasteiger partial charge is 0.478 e. The first-order chi connectivity index (χ1) is 8.29. The average Bonchev–Trinajstić information content (AvgIpc) is 2.28. The second kappa shape index (κ2) is 5.67. The molecule has 0 aliphatic heterocycles. The highest BCUT2D eigenvalue weighted by molar-refractivity contribution is 7.91. The van der Waals surface area contributed by atoms with E-state index in [1.165, 1.54) is 19.1 Å². The first-order valence-corrected chi connectivity index (χ1v) is 7.15. The van der Waals surface area contributed by atoms with Crippen LogP contribution in [0.3, 0.4) is 0 Å². The number of rotatable bonds is 5. The van der Waals surface area contributed by atoms with Gasteiger partial charge < -0.3 is 5.11 Å². The van der Waals surface area contributed by atoms with Gasteiger partial charge in [-0.3, -0.25) is 4.39 Å². The highest BCUT2D eigenvalue weighted by Crippen LogP contribution is 2.25. The minimum Gasteiger partial charge on any atom is -0.478 e. The van der Waals surface area contributed by atoms with Crippen LogP contribution in [0.5, 0.6) is 0 Å². The molecule has 0 aliphatic carbocycles. The molecule has 0 spiro atoms. The fraction of sp³-hybridized carbons (Fsp3) is 0.364. The number of benzene rings is 1. The lowest BCUT2D eigenvalue weighted by Crippen LogP contribution is -2.12. The molecule has 0 saturated carbocycles. The van der Waals surface area contributed by atoms with E-state index in [1.807, 2.05) is 0 Å². The van der Waals surface area contributed by atoms with Crippen LogP contribution < -0.4 is 0 Å². The number of aromatic carboxylic acids is 1. The molecule has 0 radical (unpaired) electrons. The van der Waals surface area contributed by atoms with Gasteiger partial charge in [0, 0.05) is 5.02 Å². The summed E-state index contributed by atoms with van der Waals surface area (Å²) in [6, 6.07) is 2.38. The third-order valence-electron chi connectivity index (χ3n) is 2.44. The van der Waals surface area contributed by atoms with E-state index in [4.69, 9.17) is 16.7 Å². The summed E-state index contributed by atoms with van der Waals surface area (Å²) < 4.78 is 35.9. The molecule has 0 aromatic heterocycles. The zero-order valence-corrected chi connectivity index (χ0v) is 11.2. The molecule has 0 fully saturated rings. The Kier molecular flexibility index (Phi) is 4.70. The summed E-state index contributed by atoms with van der Waals surface area (Å²) in [6.45, 7) is 0.646. The van der Waals surface area contributed by atoms with E-state index < -0.39 is 22.5 Å². The number of hydrogen-bond acceptors (Lipinski definition) is 3. The number of hydrogen-bond donors (Lipinski definition) is 1. The Morgan fingerprint density at radius 2 is 2.06 bits per heavy atom. The molecule has 0 aliphatic rings. The van der Waals surface area contributed by atoms with Crippen molar-refractivity contribution in [2.24, 2.45) is 0 Å². The van der Waals surface area contributed by atoms with Gasteiger partial charge in [0.1, 0.15) is 0 Å². The number of halogens is 2. The molecule has 0 unspecified atom stereocenters. The number of carboxylic acids is 1. The zero-order chi connectivity index (χ0) is 13.9. The monoisotopic (exact) mass is 294 g/mol. The van der Waals surface area contributed by atoms with Gasteiger partial charge in [-0.1, -0.05) is 11.6 Å². The van der Waals surface area contributed by atoms with Crippen LogP contribution in [-0.2, 0) is 9.84 Å². The van der Waals surface area contributed by atoms with E-state index in [1.54, 1.807) is 0 Å². The fourth-order valence-electron chi connectivity index (χ4n) is 1.55. The van der Waals surface area contributed by atoms with Crippen LogP contribution in [0.4, 0.5) is 4.39 Å². The smallest absolute Gasteiger partial charge is 0.336 e. The van der Waals surface area contributed by atoms with Crippen molar-refractivity contribution in [3.05, 3.63) is 28.3 Å². The summed E-state index contributed by atoms with van der Waals surface area (Å²) in [6.07, 6.45) is -0.128. The van der Waals surface area contributed by atoms with Crippen LogP contribution in [0.2, 0.25) is 5.02 Å². The van der Waals surface area contributed by atoms with Crippen LogP contribution in [0.15, 0.2) is 17.0 Å². The highest BCUT2D eigenvalue weighted by Gasteiger charge is 2.21. The fourth-order valence-corrected chi connectivity index (χ4v) is 3.43. The van der Waals surface area contributed by atoms with Crippen molar-refractivity contribution in [1.82, 2.24) is 0 Å². The third-order valence-corrected chi connectivity index (χ3v) is 4.58. The van der Waals surface area contributed by atoms with Crippen molar-refractivity contribution < 1.29 is 22.7 Å². The maximum atomic E-state index is 12.0. The van der Waals surface area contributed by atoms with Crippen molar-refractivity contribution in [3.8, 4) is 0 Å². The summed E-state index contributed by atoms with van der Waals surface area (Å²) in [5, 5.41) is 8.97. The molecular formula is C11H12ClFO4S. The molecule has 18 heavy (non-hydrogen) atoms. The molecule has 0 heterocycles. The predicted octanol–water partition coefficient (Wildman–Crippen LogP) is 2.48. The van der Waals surface area contributed by atoms with Crippen molar-refractivity contribution >= 4 is 27.4 Å². The van der Waals surface area contributed by atoms with Gasteiger partial charge in [0.2, 0.25) is 0 Å². The second-order valence-corrected chi connectivity index (χ2v) is 6.26. The first kappa shape index (κ1) is 14.9. The Bertz CT molecular complexity index is 569. The Balaban J connectivity index is 3.37. The van der Waals surface area contributed by atoms with Crippen molar-refractivity contribution in [2.45, 2.75) is 18.2 Å². The summed E-state index contributed by atoms with van der Waals surface area (Å²) in [4.78, 5) is 10.8. The third kappa shape index (κ3) is 3.20. The van der Waals surface area contributed by atoms with E-state index in [2.05, 4.69) is 0 Å². The Morgan fingerprint density at radius 1 is 1.44 bits per heavy atom. The second-order valence-electron chi connectivity index (χ2n) is 3.74. The Hall–Kier alpha value is -1.14. The standard InChI is InChI=1S/C11H12ClFO4S/c1-7-9(11(14)15)5-8(12)6-10(7)18(16,17)4-2-3-13/h5-6H,2-4H2,1H3,(H,14,15). The maximum Gasteiger partial charge on any atom is 0.336 e. The highest BCUT2D eigenvalue weighted by atomic mass is 35.5. The van der Waals surface area contributed by atoms with Gasteiger partial charge >= 0.3 is 5.97 Å². The van der Waals surface area contributed by atoms with E-state index in [0.717, 1.165) is 0 Å². The summed E-state index contributed by atoms with van der Waals surface area (Å²) >= 11 is 5.70. The predicted molar refractivity (Wildman–Crippen MR) is 65.8 cm³/mol. The lowest BCUT2D eigenvalue weighted by molar-refractivity contribution is 0.0696. The lowest BCUT2D eigenvalue weighted by atomic mass is 10.1. The SMILES string of the molecule is Cc1c(C(=O)O)cc(Cl)cc1S(=O)(=O)CCCF. The van der Waals surface area contributed by atoms with Gasteiger partial charge in [-0.15, -0.1) is 0 Å². The summed E-state index contributed by atoms with van der Waals surface area (Å²) in [7, 11) is -3.72. The van der Waals surface area contributed by atoms with E-state index in [-0.39, 0.29) is 33.2 Å². The Labute approximate surface area is 109 Å². The first-order valence-electron chi connectivity index (χ1n) is 5.11. The summed E-state index contributed by atoms with van der Waals surface area (Å²) in [5.74, 6) is -1.62. The molecule has 0 saturated heterocycles. The topological polar surface area (TPSA) is 71.4 Å². The van der Waals surface area contributed by atoms with Crippen LogP contribution >= 0.6 is 11.6 Å². The molecule has 1 aromatic carbocycles. The molecule has 0 amide bonds. The molecule has 100 valence electrons. The van der Waals surface area contributed by atoms with Gasteiger partial charge in [-0.25, -0.2) is 13.2 Å². The van der Waals surface area contributed by atoms with Crippen molar-refractivity contribution in [1.29, 1.82) is 0 Å². The number of carboxylic acid groups (broad SMARTS) is 1. The minimum absolute atomic E-state index is 0.0248. The summed E-state index contributed by atoms with van der Waals surface area (Å²) in [5.41, 5.74) is -0.0490. The maximum absolute atomic E-state index is 12.0. The average molecular weight is 295 g/mol. The molecule has 0 bridgehead atoms. The van der Waals surface area contributed by atoms with Gasteiger partial charge in [0.15, 0.2) is 9.84 Å². The quantitative estimate of drug-likeness (QED) is 0.905. The Morgan fingerprint density at radius 3 is 2.56 bits per heavy atom.